The van der Waals surface area contributed by atoms with Gasteiger partial charge < -0.3 is 15.0 Å². The maximum Gasteiger partial charge on any atom is 0.245 e. The summed E-state index contributed by atoms with van der Waals surface area (Å²) < 4.78 is 5.79. The van der Waals surface area contributed by atoms with Crippen LogP contribution in [0.3, 0.4) is 0 Å². The van der Waals surface area contributed by atoms with Crippen molar-refractivity contribution < 1.29 is 14.3 Å². The smallest absolute Gasteiger partial charge is 0.245 e. The summed E-state index contributed by atoms with van der Waals surface area (Å²) in [6.45, 7) is 4.43. The van der Waals surface area contributed by atoms with Gasteiger partial charge in [0.25, 0.3) is 0 Å². The van der Waals surface area contributed by atoms with Gasteiger partial charge in [-0.2, -0.15) is 16.9 Å². The van der Waals surface area contributed by atoms with Gasteiger partial charge in [0, 0.05) is 26.0 Å². The lowest BCUT2D eigenvalue weighted by Gasteiger charge is -2.23. The van der Waals surface area contributed by atoms with Crippen LogP contribution in [-0.2, 0) is 9.59 Å². The number of amides is 2. The minimum Gasteiger partial charge on any atom is -0.471 e. The molecule has 24 heavy (non-hydrogen) atoms. The second-order valence-electron chi connectivity index (χ2n) is 5.86. The lowest BCUT2D eigenvalue weighted by Crippen LogP contribution is -2.48. The van der Waals surface area contributed by atoms with E-state index < -0.39 is 6.04 Å². The zero-order valence-corrected chi connectivity index (χ0v) is 15.1. The van der Waals surface area contributed by atoms with Crippen molar-refractivity contribution in [2.45, 2.75) is 38.8 Å². The highest BCUT2D eigenvalue weighted by Crippen LogP contribution is 2.18. The number of ether oxygens (including phenoxy) is 1. The van der Waals surface area contributed by atoms with E-state index in [4.69, 9.17) is 4.74 Å². The number of likely N-dealkylation sites (tertiary alicyclic amines) is 1. The fourth-order valence-corrected chi connectivity index (χ4v) is 3.08. The molecule has 0 aliphatic carbocycles. The summed E-state index contributed by atoms with van der Waals surface area (Å²) in [5.41, 5.74) is 0.831. The highest BCUT2D eigenvalue weighted by Gasteiger charge is 2.32. The van der Waals surface area contributed by atoms with E-state index in [1.54, 1.807) is 22.7 Å². The zero-order valence-electron chi connectivity index (χ0n) is 14.3. The largest absolute Gasteiger partial charge is 0.471 e. The first-order valence-corrected chi connectivity index (χ1v) is 9.40. The van der Waals surface area contributed by atoms with Crippen LogP contribution in [0.25, 0.3) is 0 Å². The number of carbonyl (C=O) groups excluding carboxylic acids is 2. The molecule has 2 rings (SSSR count). The third-order valence-electron chi connectivity index (χ3n) is 3.80. The zero-order chi connectivity index (χ0) is 17.5. The number of thioether (sulfide) groups is 1. The predicted octanol–water partition coefficient (Wildman–Crippen LogP) is 1.02. The molecule has 2 amide bonds. The maximum absolute atomic E-state index is 12.6. The second kappa shape index (κ2) is 8.86. The van der Waals surface area contributed by atoms with Crippen LogP contribution in [0.15, 0.2) is 12.1 Å². The number of aromatic nitrogens is 2. The summed E-state index contributed by atoms with van der Waals surface area (Å²) in [7, 11) is 0. The highest BCUT2D eigenvalue weighted by molar-refractivity contribution is 7.98. The highest BCUT2D eigenvalue weighted by atomic mass is 32.2. The van der Waals surface area contributed by atoms with E-state index in [1.807, 2.05) is 19.2 Å². The minimum atomic E-state index is -0.465. The molecular formula is C16H24N4O3S. The molecule has 1 saturated heterocycles. The van der Waals surface area contributed by atoms with Crippen LogP contribution in [-0.4, -0.2) is 64.2 Å². The number of carbonyl (C=O) groups is 2. The standard InChI is InChI=1S/C16H24N4O3S/c1-11-4-5-15(19-18-11)23-13-6-8-20(10-13)16(22)14(7-9-24-3)17-12(2)21/h4-5,13-14H,6-10H2,1-3H3,(H,17,21)/t13-,14+/m1/s1. The van der Waals surface area contributed by atoms with Crippen LogP contribution in [0.5, 0.6) is 5.88 Å². The van der Waals surface area contributed by atoms with Crippen molar-refractivity contribution in [2.75, 3.05) is 25.1 Å². The van der Waals surface area contributed by atoms with E-state index in [2.05, 4.69) is 15.5 Å². The third kappa shape index (κ3) is 5.36. The van der Waals surface area contributed by atoms with Gasteiger partial charge in [0.15, 0.2) is 0 Å². The van der Waals surface area contributed by atoms with Crippen molar-refractivity contribution in [1.82, 2.24) is 20.4 Å². The van der Waals surface area contributed by atoms with Crippen LogP contribution >= 0.6 is 11.8 Å². The molecule has 1 N–H and O–H groups in total. The third-order valence-corrected chi connectivity index (χ3v) is 4.45. The van der Waals surface area contributed by atoms with Crippen LogP contribution < -0.4 is 10.1 Å². The molecule has 2 heterocycles. The Bertz CT molecular complexity index is 567. The first-order chi connectivity index (χ1) is 11.5. The van der Waals surface area contributed by atoms with Crippen LogP contribution in [0, 0.1) is 6.92 Å². The minimum absolute atomic E-state index is 0.0414. The van der Waals surface area contributed by atoms with Crippen molar-refractivity contribution >= 4 is 23.6 Å². The Morgan fingerprint density at radius 1 is 1.46 bits per heavy atom. The molecule has 132 valence electrons. The topological polar surface area (TPSA) is 84.4 Å². The fraction of sp³-hybridized carbons (Fsp3) is 0.625. The summed E-state index contributed by atoms with van der Waals surface area (Å²) in [5, 5.41) is 10.7. The van der Waals surface area contributed by atoms with E-state index >= 15 is 0 Å². The number of hydrogen-bond donors (Lipinski definition) is 1. The van der Waals surface area contributed by atoms with Crippen molar-refractivity contribution in [1.29, 1.82) is 0 Å². The maximum atomic E-state index is 12.6. The van der Waals surface area contributed by atoms with Crippen molar-refractivity contribution in [3.05, 3.63) is 17.8 Å². The Kier molecular flexibility index (Phi) is 6.84. The molecule has 1 fully saturated rings. The molecule has 8 heteroatoms. The molecule has 2 atom stereocenters. The number of rotatable bonds is 7. The van der Waals surface area contributed by atoms with Crippen molar-refractivity contribution in [3.63, 3.8) is 0 Å². The summed E-state index contributed by atoms with van der Waals surface area (Å²) in [4.78, 5) is 25.7. The molecule has 0 bridgehead atoms. The Hall–Kier alpha value is -1.83. The van der Waals surface area contributed by atoms with Gasteiger partial charge in [-0.25, -0.2) is 0 Å². The monoisotopic (exact) mass is 352 g/mol. The molecule has 0 saturated carbocycles. The van der Waals surface area contributed by atoms with E-state index in [0.717, 1.165) is 17.9 Å². The van der Waals surface area contributed by atoms with Crippen molar-refractivity contribution in [3.8, 4) is 5.88 Å². The number of aryl methyl sites for hydroxylation is 1. The van der Waals surface area contributed by atoms with Gasteiger partial charge in [0.05, 0.1) is 12.2 Å². The normalized spacial score (nSPS) is 18.3. The lowest BCUT2D eigenvalue weighted by molar-refractivity contribution is -0.135. The first-order valence-electron chi connectivity index (χ1n) is 8.01. The number of nitrogens with one attached hydrogen (secondary N) is 1. The molecule has 1 aromatic heterocycles. The van der Waals surface area contributed by atoms with Gasteiger partial charge >= 0.3 is 0 Å². The molecule has 1 aromatic rings. The Morgan fingerprint density at radius 2 is 2.25 bits per heavy atom. The van der Waals surface area contributed by atoms with Gasteiger partial charge in [-0.05, 0) is 31.4 Å². The van der Waals surface area contributed by atoms with Gasteiger partial charge in [-0.3, -0.25) is 9.59 Å². The molecule has 0 radical (unpaired) electrons. The van der Waals surface area contributed by atoms with Crippen molar-refractivity contribution in [2.24, 2.45) is 0 Å². The summed E-state index contributed by atoms with van der Waals surface area (Å²) in [6.07, 6.45) is 3.27. The molecule has 7 nitrogen and oxygen atoms in total. The van der Waals surface area contributed by atoms with E-state index in [9.17, 15) is 9.59 Å². The van der Waals surface area contributed by atoms with Gasteiger partial charge in [-0.15, -0.1) is 5.10 Å². The molecule has 0 spiro atoms. The van der Waals surface area contributed by atoms with Gasteiger partial charge in [0.1, 0.15) is 12.1 Å². The lowest BCUT2D eigenvalue weighted by atomic mass is 10.2. The fourth-order valence-electron chi connectivity index (χ4n) is 2.60. The molecule has 1 aliphatic heterocycles. The van der Waals surface area contributed by atoms with Crippen LogP contribution in [0.4, 0.5) is 0 Å². The summed E-state index contributed by atoms with van der Waals surface area (Å²) in [5.74, 6) is 1.07. The van der Waals surface area contributed by atoms with Gasteiger partial charge in [-0.1, -0.05) is 0 Å². The van der Waals surface area contributed by atoms with Crippen LogP contribution in [0.2, 0.25) is 0 Å². The average molecular weight is 352 g/mol. The van der Waals surface area contributed by atoms with E-state index in [1.165, 1.54) is 6.92 Å². The second-order valence-corrected chi connectivity index (χ2v) is 6.85. The quantitative estimate of drug-likeness (QED) is 0.789. The molecular weight excluding hydrogens is 328 g/mol. The average Bonchev–Trinajstić information content (AvgIpc) is 3.01. The SMILES string of the molecule is CSCC[C@H](NC(C)=O)C(=O)N1CC[C@@H](Oc2ccc(C)nn2)C1. The molecule has 0 unspecified atom stereocenters. The number of hydrogen-bond acceptors (Lipinski definition) is 6. The predicted molar refractivity (Wildman–Crippen MR) is 93.0 cm³/mol. The first kappa shape index (κ1) is 18.5. The van der Waals surface area contributed by atoms with E-state index in [0.29, 0.717) is 25.4 Å². The number of nitrogens with zero attached hydrogens (tertiary/aromatic N) is 3. The molecule has 0 aromatic carbocycles. The van der Waals surface area contributed by atoms with E-state index in [-0.39, 0.29) is 17.9 Å². The molecule has 1 aliphatic rings. The Labute approximate surface area is 146 Å². The summed E-state index contributed by atoms with van der Waals surface area (Å²) in [6, 6.07) is 3.16. The Balaban J connectivity index is 1.90. The van der Waals surface area contributed by atoms with Crippen LogP contribution in [0.1, 0.15) is 25.5 Å². The summed E-state index contributed by atoms with van der Waals surface area (Å²) >= 11 is 1.66. The Morgan fingerprint density at radius 3 is 2.88 bits per heavy atom. The van der Waals surface area contributed by atoms with Gasteiger partial charge in [0.2, 0.25) is 17.7 Å².